The van der Waals surface area contributed by atoms with Crippen molar-refractivity contribution in [3.05, 3.63) is 11.1 Å². The highest BCUT2D eigenvalue weighted by molar-refractivity contribution is 7.99. The highest BCUT2D eigenvalue weighted by Crippen LogP contribution is 2.24. The van der Waals surface area contributed by atoms with E-state index in [4.69, 9.17) is 10.8 Å². The predicted octanol–water partition coefficient (Wildman–Crippen LogP) is 1.78. The van der Waals surface area contributed by atoms with Crippen molar-refractivity contribution < 1.29 is 9.90 Å². The van der Waals surface area contributed by atoms with Crippen LogP contribution in [0.25, 0.3) is 0 Å². The summed E-state index contributed by atoms with van der Waals surface area (Å²) >= 11 is 3.42. The number of thioether (sulfide) groups is 1. The molecule has 1 atom stereocenters. The lowest BCUT2D eigenvalue weighted by molar-refractivity contribution is -0.138. The van der Waals surface area contributed by atoms with Gasteiger partial charge in [-0.1, -0.05) is 0 Å². The number of aromatic nitrogens is 1. The van der Waals surface area contributed by atoms with Crippen LogP contribution in [0.3, 0.4) is 0 Å². The third-order valence-electron chi connectivity index (χ3n) is 2.99. The van der Waals surface area contributed by atoms with Gasteiger partial charge in [-0.2, -0.15) is 11.8 Å². The molecule has 0 radical (unpaired) electrons. The van der Waals surface area contributed by atoms with E-state index in [0.717, 1.165) is 11.7 Å². The highest BCUT2D eigenvalue weighted by Gasteiger charge is 2.18. The number of hydrogen-bond donors (Lipinski definition) is 3. The Bertz CT molecular complexity index is 405. The quantitative estimate of drug-likeness (QED) is 0.765. The van der Waals surface area contributed by atoms with Crippen LogP contribution < -0.4 is 11.1 Å². The van der Waals surface area contributed by atoms with E-state index in [2.05, 4.69) is 10.3 Å². The molecule has 18 heavy (non-hydrogen) atoms. The van der Waals surface area contributed by atoms with E-state index >= 15 is 0 Å². The van der Waals surface area contributed by atoms with Gasteiger partial charge in [0.25, 0.3) is 0 Å². The van der Waals surface area contributed by atoms with Crippen LogP contribution in [0.15, 0.2) is 5.38 Å². The van der Waals surface area contributed by atoms with Crippen molar-refractivity contribution in [1.29, 1.82) is 0 Å². The van der Waals surface area contributed by atoms with Crippen LogP contribution in [0.1, 0.15) is 24.6 Å². The molecule has 4 N–H and O–H groups in total. The summed E-state index contributed by atoms with van der Waals surface area (Å²) in [6.07, 6.45) is 2.48. The molecule has 100 valence electrons. The van der Waals surface area contributed by atoms with Crippen LogP contribution in [-0.2, 0) is 4.79 Å². The topological polar surface area (TPSA) is 88.2 Å². The maximum Gasteiger partial charge on any atom is 0.326 e. The minimum Gasteiger partial charge on any atom is -0.480 e. The Hall–Kier alpha value is -0.790. The monoisotopic (exact) mass is 287 g/mol. The number of rotatable bonds is 5. The van der Waals surface area contributed by atoms with Gasteiger partial charge in [-0.05, 0) is 30.3 Å². The standard InChI is InChI=1S/C11H17N3O2S2/c12-9(10(15)16)8-6-18-11(14-8)13-5-7-1-3-17-4-2-7/h6-7,9H,1-5,12H2,(H,13,14)(H,15,16). The van der Waals surface area contributed by atoms with E-state index in [1.807, 2.05) is 11.8 Å². The largest absolute Gasteiger partial charge is 0.480 e. The van der Waals surface area contributed by atoms with E-state index in [9.17, 15) is 4.79 Å². The number of hydrogen-bond acceptors (Lipinski definition) is 6. The van der Waals surface area contributed by atoms with Gasteiger partial charge in [-0.3, -0.25) is 4.79 Å². The number of thiazole rings is 1. The average molecular weight is 287 g/mol. The zero-order valence-corrected chi connectivity index (χ0v) is 11.6. The normalized spacial score (nSPS) is 18.5. The maximum absolute atomic E-state index is 10.7. The molecule has 1 unspecified atom stereocenters. The number of carbonyl (C=O) groups is 1. The molecule has 2 heterocycles. The Morgan fingerprint density at radius 1 is 1.61 bits per heavy atom. The number of nitrogens with two attached hydrogens (primary N) is 1. The lowest BCUT2D eigenvalue weighted by Crippen LogP contribution is -2.21. The molecule has 1 aromatic rings. The van der Waals surface area contributed by atoms with Crippen LogP contribution in [-0.4, -0.2) is 34.1 Å². The molecule has 0 amide bonds. The molecule has 0 aliphatic carbocycles. The summed E-state index contributed by atoms with van der Waals surface area (Å²) in [7, 11) is 0. The minimum atomic E-state index is -1.05. The first-order valence-corrected chi connectivity index (χ1v) is 7.95. The molecule has 0 spiro atoms. The Balaban J connectivity index is 1.84. The van der Waals surface area contributed by atoms with E-state index < -0.39 is 12.0 Å². The summed E-state index contributed by atoms with van der Waals surface area (Å²) in [6.45, 7) is 0.913. The van der Waals surface area contributed by atoms with Gasteiger partial charge in [-0.15, -0.1) is 11.3 Å². The van der Waals surface area contributed by atoms with Crippen molar-refractivity contribution in [2.75, 3.05) is 23.4 Å². The van der Waals surface area contributed by atoms with E-state index in [0.29, 0.717) is 11.6 Å². The first-order chi connectivity index (χ1) is 8.66. The van der Waals surface area contributed by atoms with Crippen LogP contribution in [0.4, 0.5) is 5.13 Å². The number of nitrogens with one attached hydrogen (secondary N) is 1. The first-order valence-electron chi connectivity index (χ1n) is 5.92. The van der Waals surface area contributed by atoms with Crippen molar-refractivity contribution in [1.82, 2.24) is 4.98 Å². The fourth-order valence-corrected chi connectivity index (χ4v) is 3.78. The average Bonchev–Trinajstić information content (AvgIpc) is 2.85. The summed E-state index contributed by atoms with van der Waals surface area (Å²) in [4.78, 5) is 14.9. The Morgan fingerprint density at radius 3 is 3.00 bits per heavy atom. The van der Waals surface area contributed by atoms with Gasteiger partial charge >= 0.3 is 5.97 Å². The summed E-state index contributed by atoms with van der Waals surface area (Å²) < 4.78 is 0. The maximum atomic E-state index is 10.7. The van der Waals surface area contributed by atoms with Crippen molar-refractivity contribution in [2.45, 2.75) is 18.9 Å². The van der Waals surface area contributed by atoms with Crippen LogP contribution in [0.5, 0.6) is 0 Å². The molecule has 5 nitrogen and oxygen atoms in total. The zero-order valence-electron chi connectivity index (χ0n) is 9.96. The molecule has 1 aliphatic rings. The fourth-order valence-electron chi connectivity index (χ4n) is 1.82. The van der Waals surface area contributed by atoms with Gasteiger partial charge in [0, 0.05) is 11.9 Å². The number of carboxylic acid groups (broad SMARTS) is 1. The predicted molar refractivity (Wildman–Crippen MR) is 75.2 cm³/mol. The Morgan fingerprint density at radius 2 is 2.33 bits per heavy atom. The number of aliphatic carboxylic acids is 1. The fraction of sp³-hybridized carbons (Fsp3) is 0.636. The first kappa shape index (κ1) is 13.6. The Kier molecular flexibility index (Phi) is 4.85. The summed E-state index contributed by atoms with van der Waals surface area (Å²) in [5.74, 6) is 2.13. The van der Waals surface area contributed by atoms with Crippen LogP contribution in [0, 0.1) is 5.92 Å². The lowest BCUT2D eigenvalue weighted by atomic mass is 10.0. The number of carboxylic acids is 1. The van der Waals surface area contributed by atoms with Gasteiger partial charge in [0.1, 0.15) is 6.04 Å². The van der Waals surface area contributed by atoms with E-state index in [1.54, 1.807) is 5.38 Å². The van der Waals surface area contributed by atoms with E-state index in [1.165, 1.54) is 35.7 Å². The molecule has 1 fully saturated rings. The Labute approximate surface area is 114 Å². The number of anilines is 1. The van der Waals surface area contributed by atoms with Crippen LogP contribution >= 0.6 is 23.1 Å². The molecule has 2 rings (SSSR count). The van der Waals surface area contributed by atoms with Gasteiger partial charge in [0.2, 0.25) is 0 Å². The lowest BCUT2D eigenvalue weighted by Gasteiger charge is -2.21. The molecular formula is C11H17N3O2S2. The molecule has 0 saturated carbocycles. The van der Waals surface area contributed by atoms with Gasteiger partial charge in [-0.25, -0.2) is 4.98 Å². The summed E-state index contributed by atoms with van der Waals surface area (Å²) in [5, 5.41) is 14.5. The minimum absolute atomic E-state index is 0.425. The number of nitrogens with zero attached hydrogens (tertiary/aromatic N) is 1. The van der Waals surface area contributed by atoms with Crippen molar-refractivity contribution in [2.24, 2.45) is 11.7 Å². The molecule has 1 aromatic heterocycles. The third kappa shape index (κ3) is 3.60. The smallest absolute Gasteiger partial charge is 0.326 e. The SMILES string of the molecule is NC(C(=O)O)c1csc(NCC2CCSCC2)n1. The van der Waals surface area contributed by atoms with Gasteiger partial charge in [0.05, 0.1) is 5.69 Å². The molecular weight excluding hydrogens is 270 g/mol. The third-order valence-corrected chi connectivity index (χ3v) is 4.86. The van der Waals surface area contributed by atoms with Crippen molar-refractivity contribution in [3.8, 4) is 0 Å². The molecule has 7 heteroatoms. The molecule has 0 bridgehead atoms. The van der Waals surface area contributed by atoms with Crippen molar-refractivity contribution >= 4 is 34.2 Å². The van der Waals surface area contributed by atoms with Gasteiger partial charge in [0.15, 0.2) is 5.13 Å². The van der Waals surface area contributed by atoms with Crippen molar-refractivity contribution in [3.63, 3.8) is 0 Å². The summed E-state index contributed by atoms with van der Waals surface area (Å²) in [6, 6.07) is -1.03. The second kappa shape index (κ2) is 6.40. The molecule has 0 aromatic carbocycles. The van der Waals surface area contributed by atoms with Gasteiger partial charge < -0.3 is 16.2 Å². The molecule has 1 saturated heterocycles. The highest BCUT2D eigenvalue weighted by atomic mass is 32.2. The second-order valence-corrected chi connectivity index (χ2v) is 6.41. The second-order valence-electron chi connectivity index (χ2n) is 4.33. The zero-order chi connectivity index (χ0) is 13.0. The molecule has 1 aliphatic heterocycles. The van der Waals surface area contributed by atoms with Crippen LogP contribution in [0.2, 0.25) is 0 Å². The summed E-state index contributed by atoms with van der Waals surface area (Å²) in [5.41, 5.74) is 5.93. The van der Waals surface area contributed by atoms with E-state index in [-0.39, 0.29) is 0 Å².